The number of hydrogen-bond acceptors (Lipinski definition) is 3. The Morgan fingerprint density at radius 2 is 2.23 bits per heavy atom. The van der Waals surface area contributed by atoms with Crippen molar-refractivity contribution in [2.24, 2.45) is 0 Å². The number of nitrogens with zero attached hydrogens (tertiary/aromatic N) is 1. The SMILES string of the molecule is CC#CCCSc1nc(C)c(C)o1. The quantitative estimate of drug-likeness (QED) is 0.421. The molecule has 0 radical (unpaired) electrons. The average molecular weight is 195 g/mol. The second-order valence-electron chi connectivity index (χ2n) is 2.65. The minimum absolute atomic E-state index is 0.757. The van der Waals surface area contributed by atoms with Crippen molar-refractivity contribution >= 4 is 11.8 Å². The molecule has 0 unspecified atom stereocenters. The average Bonchev–Trinajstić information content (AvgIpc) is 2.41. The summed E-state index contributed by atoms with van der Waals surface area (Å²) >= 11 is 1.62. The van der Waals surface area contributed by atoms with Gasteiger partial charge in [0, 0.05) is 12.2 Å². The van der Waals surface area contributed by atoms with Crippen LogP contribution in [0.4, 0.5) is 0 Å². The highest BCUT2D eigenvalue weighted by molar-refractivity contribution is 7.99. The number of rotatable bonds is 3. The molecule has 0 fully saturated rings. The van der Waals surface area contributed by atoms with E-state index in [4.69, 9.17) is 4.42 Å². The van der Waals surface area contributed by atoms with Crippen molar-refractivity contribution in [1.82, 2.24) is 4.98 Å². The van der Waals surface area contributed by atoms with E-state index in [1.54, 1.807) is 11.8 Å². The molecule has 0 aliphatic heterocycles. The van der Waals surface area contributed by atoms with Gasteiger partial charge in [0.05, 0.1) is 5.69 Å². The first kappa shape index (κ1) is 10.2. The second-order valence-corrected chi connectivity index (χ2v) is 3.69. The van der Waals surface area contributed by atoms with Crippen LogP contribution in [-0.4, -0.2) is 10.7 Å². The summed E-state index contributed by atoms with van der Waals surface area (Å²) in [6.45, 7) is 5.73. The van der Waals surface area contributed by atoms with Crippen LogP contribution in [0.3, 0.4) is 0 Å². The van der Waals surface area contributed by atoms with Gasteiger partial charge in [-0.1, -0.05) is 11.8 Å². The normalized spacial score (nSPS) is 9.46. The van der Waals surface area contributed by atoms with E-state index in [0.717, 1.165) is 28.9 Å². The largest absolute Gasteiger partial charge is 0.437 e. The van der Waals surface area contributed by atoms with Crippen molar-refractivity contribution in [1.29, 1.82) is 0 Å². The lowest BCUT2D eigenvalue weighted by Crippen LogP contribution is -1.77. The lowest BCUT2D eigenvalue weighted by atomic mass is 10.4. The summed E-state index contributed by atoms with van der Waals surface area (Å²) in [7, 11) is 0. The molecule has 0 amide bonds. The fourth-order valence-corrected chi connectivity index (χ4v) is 1.58. The van der Waals surface area contributed by atoms with Crippen molar-refractivity contribution in [3.63, 3.8) is 0 Å². The Labute approximate surface area is 83.1 Å². The van der Waals surface area contributed by atoms with Crippen LogP contribution in [-0.2, 0) is 0 Å². The molecule has 0 saturated carbocycles. The lowest BCUT2D eigenvalue weighted by molar-refractivity contribution is 0.431. The third-order valence-corrected chi connectivity index (χ3v) is 2.47. The molecule has 0 aliphatic carbocycles. The zero-order chi connectivity index (χ0) is 9.68. The minimum Gasteiger partial charge on any atom is -0.437 e. The van der Waals surface area contributed by atoms with Gasteiger partial charge in [-0.3, -0.25) is 0 Å². The Balaban J connectivity index is 2.40. The highest BCUT2D eigenvalue weighted by Gasteiger charge is 2.04. The van der Waals surface area contributed by atoms with Crippen LogP contribution in [0.25, 0.3) is 0 Å². The molecule has 1 rings (SSSR count). The van der Waals surface area contributed by atoms with Crippen LogP contribution in [0.5, 0.6) is 0 Å². The Hall–Kier alpha value is -0.880. The van der Waals surface area contributed by atoms with Gasteiger partial charge in [0.15, 0.2) is 0 Å². The molecule has 0 aromatic carbocycles. The second kappa shape index (κ2) is 4.98. The van der Waals surface area contributed by atoms with Crippen molar-refractivity contribution < 1.29 is 4.42 Å². The van der Waals surface area contributed by atoms with Gasteiger partial charge in [-0.15, -0.1) is 11.8 Å². The summed E-state index contributed by atoms with van der Waals surface area (Å²) in [5.41, 5.74) is 0.976. The fourth-order valence-electron chi connectivity index (χ4n) is 0.819. The molecule has 3 heteroatoms. The molecule has 70 valence electrons. The summed E-state index contributed by atoms with van der Waals surface area (Å²) in [4.78, 5) is 4.26. The van der Waals surface area contributed by atoms with E-state index in [9.17, 15) is 0 Å². The van der Waals surface area contributed by atoms with Gasteiger partial charge in [0.25, 0.3) is 5.22 Å². The number of thioether (sulfide) groups is 1. The van der Waals surface area contributed by atoms with Crippen LogP contribution < -0.4 is 0 Å². The van der Waals surface area contributed by atoms with Crippen LogP contribution in [0.15, 0.2) is 9.64 Å². The van der Waals surface area contributed by atoms with E-state index in [1.165, 1.54) is 0 Å². The molecule has 0 spiro atoms. The zero-order valence-corrected chi connectivity index (χ0v) is 8.99. The maximum Gasteiger partial charge on any atom is 0.256 e. The molecule has 1 heterocycles. The summed E-state index contributed by atoms with van der Waals surface area (Å²) in [5.74, 6) is 7.71. The molecule has 0 atom stereocenters. The van der Waals surface area contributed by atoms with Crippen molar-refractivity contribution in [2.45, 2.75) is 32.4 Å². The molecule has 0 bridgehead atoms. The summed E-state index contributed by atoms with van der Waals surface area (Å²) in [6.07, 6.45) is 0.891. The highest BCUT2D eigenvalue weighted by atomic mass is 32.2. The maximum atomic E-state index is 5.40. The van der Waals surface area contributed by atoms with Gasteiger partial charge < -0.3 is 4.42 Å². The highest BCUT2D eigenvalue weighted by Crippen LogP contribution is 2.20. The predicted octanol–water partition coefficient (Wildman–Crippen LogP) is 2.80. The maximum absolute atomic E-state index is 5.40. The first-order chi connectivity index (χ1) is 6.24. The van der Waals surface area contributed by atoms with E-state index in [1.807, 2.05) is 20.8 Å². The standard InChI is InChI=1S/C10H13NOS/c1-4-5-6-7-13-10-11-8(2)9(3)12-10/h6-7H2,1-3H3. The number of hydrogen-bond donors (Lipinski definition) is 0. The number of oxazole rings is 1. The van der Waals surface area contributed by atoms with E-state index in [2.05, 4.69) is 16.8 Å². The first-order valence-corrected chi connectivity index (χ1v) is 5.19. The van der Waals surface area contributed by atoms with E-state index in [-0.39, 0.29) is 0 Å². The summed E-state index contributed by atoms with van der Waals surface area (Å²) in [6, 6.07) is 0. The van der Waals surface area contributed by atoms with Gasteiger partial charge in [0.1, 0.15) is 5.76 Å². The molecule has 0 N–H and O–H groups in total. The number of aryl methyl sites for hydroxylation is 2. The Morgan fingerprint density at radius 1 is 1.46 bits per heavy atom. The van der Waals surface area contributed by atoms with Crippen LogP contribution in [0.2, 0.25) is 0 Å². The molecule has 13 heavy (non-hydrogen) atoms. The monoisotopic (exact) mass is 195 g/mol. The molecule has 1 aromatic rings. The lowest BCUT2D eigenvalue weighted by Gasteiger charge is -1.89. The first-order valence-electron chi connectivity index (χ1n) is 4.20. The Bertz CT molecular complexity index is 313. The Morgan fingerprint density at radius 3 is 2.77 bits per heavy atom. The molecular weight excluding hydrogens is 182 g/mol. The van der Waals surface area contributed by atoms with E-state index >= 15 is 0 Å². The van der Waals surface area contributed by atoms with Crippen LogP contribution in [0.1, 0.15) is 24.8 Å². The van der Waals surface area contributed by atoms with Gasteiger partial charge in [-0.25, -0.2) is 4.98 Å². The topological polar surface area (TPSA) is 26.0 Å². The summed E-state index contributed by atoms with van der Waals surface area (Å²) < 4.78 is 5.40. The third kappa shape index (κ3) is 3.16. The molecule has 0 saturated heterocycles. The zero-order valence-electron chi connectivity index (χ0n) is 8.18. The van der Waals surface area contributed by atoms with Gasteiger partial charge in [-0.2, -0.15) is 0 Å². The van der Waals surface area contributed by atoms with Gasteiger partial charge >= 0.3 is 0 Å². The molecule has 2 nitrogen and oxygen atoms in total. The van der Waals surface area contributed by atoms with Crippen molar-refractivity contribution in [3.8, 4) is 11.8 Å². The van der Waals surface area contributed by atoms with Gasteiger partial charge in [-0.05, 0) is 20.8 Å². The Kier molecular flexibility index (Phi) is 3.91. The fraction of sp³-hybridized carbons (Fsp3) is 0.500. The third-order valence-electron chi connectivity index (χ3n) is 1.64. The van der Waals surface area contributed by atoms with Crippen molar-refractivity contribution in [2.75, 3.05) is 5.75 Å². The van der Waals surface area contributed by atoms with Gasteiger partial charge in [0.2, 0.25) is 0 Å². The van der Waals surface area contributed by atoms with Crippen molar-refractivity contribution in [3.05, 3.63) is 11.5 Å². The molecule has 0 aliphatic rings. The number of aromatic nitrogens is 1. The smallest absolute Gasteiger partial charge is 0.256 e. The molecular formula is C10H13NOS. The van der Waals surface area contributed by atoms with Crippen LogP contribution >= 0.6 is 11.8 Å². The predicted molar refractivity (Wildman–Crippen MR) is 54.8 cm³/mol. The minimum atomic E-state index is 0.757. The van der Waals surface area contributed by atoms with E-state index < -0.39 is 0 Å². The van der Waals surface area contributed by atoms with E-state index in [0.29, 0.717) is 0 Å². The van der Waals surface area contributed by atoms with Crippen LogP contribution in [0, 0.1) is 25.7 Å². The summed E-state index contributed by atoms with van der Waals surface area (Å²) in [5, 5.41) is 0.757. The molecule has 1 aromatic heterocycles.